The fraction of sp³-hybridized carbons (Fsp3) is 0.542. The zero-order chi connectivity index (χ0) is 34.5. The summed E-state index contributed by atoms with van der Waals surface area (Å²) >= 11 is 0. The number of rotatable bonds is 8. The summed E-state index contributed by atoms with van der Waals surface area (Å²) in [5.74, 6) is -2.20. The van der Waals surface area contributed by atoms with Crippen molar-refractivity contribution in [1.29, 1.82) is 0 Å². The quantitative estimate of drug-likeness (QED) is 0.350. The molecule has 0 saturated heterocycles. The fourth-order valence-corrected chi connectivity index (χ4v) is 5.75. The zero-order valence-electron chi connectivity index (χ0n) is 23.9. The molecule has 0 spiro atoms. The number of hydrogen-bond acceptors (Lipinski definition) is 8. The van der Waals surface area contributed by atoms with Crippen molar-refractivity contribution in [2.24, 2.45) is 0 Å². The maximum absolute atomic E-state index is 13.9. The number of aromatic nitrogens is 2. The number of aryl methyl sites for hydroxylation is 1. The van der Waals surface area contributed by atoms with Gasteiger partial charge < -0.3 is 19.9 Å². The molecule has 0 bridgehead atoms. The third-order valence-corrected chi connectivity index (χ3v) is 8.73. The summed E-state index contributed by atoms with van der Waals surface area (Å²) in [6.45, 7) is -0.396. The molecule has 3 atom stereocenters. The first-order valence-electron chi connectivity index (χ1n) is 12.6. The Morgan fingerprint density at radius 3 is 2.22 bits per heavy atom. The molecular formula is C24H27F8N5O7S. The van der Waals surface area contributed by atoms with Crippen LogP contribution in [0, 0.1) is 6.92 Å². The van der Waals surface area contributed by atoms with Crippen molar-refractivity contribution in [2.45, 2.75) is 81.8 Å². The van der Waals surface area contributed by atoms with E-state index in [4.69, 9.17) is 4.74 Å². The van der Waals surface area contributed by atoms with Gasteiger partial charge in [-0.1, -0.05) is 0 Å². The summed E-state index contributed by atoms with van der Waals surface area (Å²) < 4.78 is 144. The van der Waals surface area contributed by atoms with Gasteiger partial charge in [0.25, 0.3) is 15.9 Å². The van der Waals surface area contributed by atoms with Crippen LogP contribution in [-0.4, -0.2) is 77.6 Å². The number of carbonyl (C=O) groups is 2. The average molecular weight is 682 g/mol. The van der Waals surface area contributed by atoms with E-state index in [1.807, 2.05) is 10.6 Å². The lowest BCUT2D eigenvalue weighted by molar-refractivity contribution is -0.245. The highest BCUT2D eigenvalue weighted by Crippen LogP contribution is 2.42. The van der Waals surface area contributed by atoms with Gasteiger partial charge in [-0.3, -0.25) is 14.4 Å². The predicted octanol–water partition coefficient (Wildman–Crippen LogP) is 4.25. The number of amides is 2. The fourth-order valence-electron chi connectivity index (χ4n) is 3.91. The molecule has 0 aliphatic carbocycles. The zero-order valence-corrected chi connectivity index (χ0v) is 24.7. The van der Waals surface area contributed by atoms with E-state index in [0.29, 0.717) is 24.3 Å². The van der Waals surface area contributed by atoms with Crippen LogP contribution in [0.1, 0.15) is 39.9 Å². The van der Waals surface area contributed by atoms with Crippen LogP contribution in [0.5, 0.6) is 5.75 Å². The number of aliphatic hydroxyl groups is 1. The Bertz CT molecular complexity index is 1560. The second-order valence-electron chi connectivity index (χ2n) is 10.5. The van der Waals surface area contributed by atoms with Crippen molar-refractivity contribution < 1.29 is 67.7 Å². The Kier molecular flexibility index (Phi) is 9.34. The van der Waals surface area contributed by atoms with Gasteiger partial charge in [-0.25, -0.2) is 17.9 Å². The van der Waals surface area contributed by atoms with E-state index in [0.717, 1.165) is 25.1 Å². The molecule has 2 aromatic rings. The minimum Gasteiger partial charge on any atom is -0.484 e. The maximum atomic E-state index is 13.9. The van der Waals surface area contributed by atoms with Crippen LogP contribution in [-0.2, 0) is 19.6 Å². The Balaban J connectivity index is 2.04. The number of halogens is 8. The number of carbonyl (C=O) groups excluding carboxylic acids is 2. The van der Waals surface area contributed by atoms with E-state index in [2.05, 4.69) is 9.84 Å². The molecule has 0 fully saturated rings. The van der Waals surface area contributed by atoms with Crippen molar-refractivity contribution in [2.75, 3.05) is 16.2 Å². The van der Waals surface area contributed by atoms with Gasteiger partial charge in [0.1, 0.15) is 16.7 Å². The topological polar surface area (TPSA) is 152 Å². The summed E-state index contributed by atoms with van der Waals surface area (Å²) in [5, 5.41) is 17.0. The molecule has 2 heterocycles. The van der Waals surface area contributed by atoms with Crippen LogP contribution < -0.4 is 19.7 Å². The lowest BCUT2D eigenvalue weighted by Gasteiger charge is -2.41. The van der Waals surface area contributed by atoms with Gasteiger partial charge in [-0.15, -0.1) is 0 Å². The summed E-state index contributed by atoms with van der Waals surface area (Å²) in [5.41, 5.74) is -7.82. The van der Waals surface area contributed by atoms with Crippen LogP contribution in [0.4, 0.5) is 51.3 Å². The number of nitrogens with zero attached hydrogens (tertiary/aromatic N) is 3. The van der Waals surface area contributed by atoms with Gasteiger partial charge in [0.2, 0.25) is 11.2 Å². The molecule has 45 heavy (non-hydrogen) atoms. The van der Waals surface area contributed by atoms with Gasteiger partial charge in [-0.05, 0) is 52.8 Å². The molecule has 21 heteroatoms. The van der Waals surface area contributed by atoms with Gasteiger partial charge in [0, 0.05) is 5.69 Å². The number of alkyl halides is 8. The molecule has 2 amide bonds. The number of sulfonamides is 1. The van der Waals surface area contributed by atoms with E-state index in [1.54, 1.807) is 0 Å². The van der Waals surface area contributed by atoms with Gasteiger partial charge in [0.05, 0.1) is 30.2 Å². The predicted molar refractivity (Wildman–Crippen MR) is 138 cm³/mol. The van der Waals surface area contributed by atoms with Crippen LogP contribution in [0.3, 0.4) is 0 Å². The third-order valence-electron chi connectivity index (χ3n) is 6.73. The van der Waals surface area contributed by atoms with Gasteiger partial charge in [-0.2, -0.15) is 40.2 Å². The molecule has 1 aliphatic heterocycles. The molecule has 1 aliphatic rings. The second kappa shape index (κ2) is 11.8. The van der Waals surface area contributed by atoms with Crippen molar-refractivity contribution in [3.8, 4) is 5.75 Å². The summed E-state index contributed by atoms with van der Waals surface area (Å²) in [6.07, 6.45) is -12.8. The van der Waals surface area contributed by atoms with Crippen molar-refractivity contribution in [3.05, 3.63) is 30.1 Å². The van der Waals surface area contributed by atoms with Gasteiger partial charge in [0.15, 0.2) is 0 Å². The number of nitrogens with one attached hydrogen (secondary N) is 2. The number of benzene rings is 1. The highest BCUT2D eigenvalue weighted by atomic mass is 32.2. The van der Waals surface area contributed by atoms with E-state index < -0.39 is 75.7 Å². The molecular weight excluding hydrogens is 654 g/mol. The average Bonchev–Trinajstić information content (AvgIpc) is 3.28. The van der Waals surface area contributed by atoms with E-state index in [9.17, 15) is 58.2 Å². The third kappa shape index (κ3) is 7.02. The molecule has 0 radical (unpaired) electrons. The lowest BCUT2D eigenvalue weighted by Crippen LogP contribution is -2.59. The Hall–Kier alpha value is -3.88. The molecule has 12 nitrogen and oxygen atoms in total. The first-order chi connectivity index (χ1) is 20.3. The van der Waals surface area contributed by atoms with Crippen LogP contribution in [0.15, 0.2) is 29.3 Å². The molecule has 252 valence electrons. The maximum Gasteiger partial charge on any atom is 0.427 e. The largest absolute Gasteiger partial charge is 0.484 e. The molecule has 1 aromatic heterocycles. The van der Waals surface area contributed by atoms with Crippen molar-refractivity contribution >= 4 is 33.4 Å². The Morgan fingerprint density at radius 2 is 1.71 bits per heavy atom. The smallest absolute Gasteiger partial charge is 0.427 e. The molecule has 1 aromatic carbocycles. The van der Waals surface area contributed by atoms with E-state index in [1.165, 1.54) is 6.92 Å². The minimum atomic E-state index is -5.37. The number of fused-ring (bicyclic) bond motifs is 1. The molecule has 3 rings (SSSR count). The van der Waals surface area contributed by atoms with E-state index >= 15 is 0 Å². The summed E-state index contributed by atoms with van der Waals surface area (Å²) in [7, 11) is -4.88. The molecule has 0 saturated carbocycles. The monoisotopic (exact) mass is 681 g/mol. The lowest BCUT2D eigenvalue weighted by atomic mass is 10.0. The number of hydrogen-bond donors (Lipinski definition) is 3. The highest BCUT2D eigenvalue weighted by Gasteiger charge is 2.56. The normalized spacial score (nSPS) is 19.0. The van der Waals surface area contributed by atoms with Crippen LogP contribution in [0.2, 0.25) is 0 Å². The minimum absolute atomic E-state index is 0.0571. The summed E-state index contributed by atoms with van der Waals surface area (Å²) in [6, 6.07) is 1.62. The summed E-state index contributed by atoms with van der Waals surface area (Å²) in [4.78, 5) is 23.7. The van der Waals surface area contributed by atoms with Crippen LogP contribution >= 0.6 is 0 Å². The van der Waals surface area contributed by atoms with Crippen molar-refractivity contribution in [3.63, 3.8) is 0 Å². The first kappa shape index (κ1) is 35.6. The Labute approximate surface area is 250 Å². The second-order valence-corrected chi connectivity index (χ2v) is 12.3. The van der Waals surface area contributed by atoms with Crippen LogP contribution in [0.25, 0.3) is 0 Å². The van der Waals surface area contributed by atoms with Gasteiger partial charge >= 0.3 is 25.0 Å². The highest BCUT2D eigenvalue weighted by molar-refractivity contribution is 7.93. The van der Waals surface area contributed by atoms with Crippen molar-refractivity contribution in [1.82, 2.24) is 15.1 Å². The molecule has 1 unspecified atom stereocenters. The first-order valence-corrected chi connectivity index (χ1v) is 14.1. The number of ether oxygens (including phenoxy) is 2. The number of anilines is 2. The Morgan fingerprint density at radius 1 is 1.11 bits per heavy atom. The molecule has 3 N–H and O–H groups in total. The SMILES string of the molecule is Cc1nn(C(F)F)cc1S(=O)(=O)N1c2cc(NC(=O)OC(C)(C)C(F)(F)F)ccc2O[C@@H](CNC(=O)C(C)(O)C(F)(F)F)[C@H]1C. The van der Waals surface area contributed by atoms with E-state index in [-0.39, 0.29) is 34.4 Å². The standard InChI is InChI=1S/C24H27F8N5O7S/c1-11-17(10-36(35-11)19(25)26)45(41,42)37-12(2)16(9-33-18(38)22(5,40)24(30,31)32)43-15-7-6-13(8-14(15)37)34-20(39)44-21(3,4)23(27,28)29/h6-8,10,12,16,19,40H,9H2,1-5H3,(H,33,38)(H,34,39)/t12-,16+,22?/m1/s1.